The normalized spacial score (nSPS) is 14.9. The summed E-state index contributed by atoms with van der Waals surface area (Å²) >= 11 is 2.16. The van der Waals surface area contributed by atoms with Crippen LogP contribution < -0.4 is 26.8 Å². The van der Waals surface area contributed by atoms with Crippen LogP contribution in [0.4, 0.5) is 17.3 Å². The number of nitrogen functional groups attached to an aromatic ring is 2. The van der Waals surface area contributed by atoms with Crippen LogP contribution in [0.1, 0.15) is 22.7 Å². The molecule has 6 N–H and O–H groups in total. The van der Waals surface area contributed by atoms with E-state index in [2.05, 4.69) is 43.2 Å². The van der Waals surface area contributed by atoms with Crippen molar-refractivity contribution in [3.8, 4) is 18.0 Å². The van der Waals surface area contributed by atoms with Crippen molar-refractivity contribution in [1.29, 1.82) is 10.5 Å². The molecule has 0 fully saturated rings. The third kappa shape index (κ3) is 2.80. The second kappa shape index (κ2) is 6.93. The summed E-state index contributed by atoms with van der Waals surface area (Å²) in [6, 6.07) is 6.94. The Morgan fingerprint density at radius 2 is 2.12 bits per heavy atom. The van der Waals surface area contributed by atoms with E-state index >= 15 is 0 Å². The van der Waals surface area contributed by atoms with Crippen LogP contribution in [0.5, 0.6) is 5.75 Å². The lowest BCUT2D eigenvalue weighted by atomic mass is 9.94. The smallest absolute Gasteiger partial charge is 0.211 e. The van der Waals surface area contributed by atoms with Gasteiger partial charge in [0.05, 0.1) is 16.4 Å². The molecule has 1 aliphatic heterocycles. The molecule has 26 heavy (non-hydrogen) atoms. The Balaban J connectivity index is 2.31. The number of guanidine groups is 1. The molecule has 130 valence electrons. The number of ether oxygens (including phenoxy) is 1. The van der Waals surface area contributed by atoms with E-state index in [1.807, 2.05) is 30.5 Å². The number of nitrogens with two attached hydrogens (primary N) is 2. The Hall–Kier alpha value is -3.25. The summed E-state index contributed by atoms with van der Waals surface area (Å²) in [4.78, 5) is 8.74. The maximum atomic E-state index is 9.35. The van der Waals surface area contributed by atoms with Crippen LogP contribution in [0.15, 0.2) is 23.2 Å². The fraction of sp³-hybridized carbons (Fsp3) is 0.125. The largest absolute Gasteiger partial charge is 0.495 e. The number of fused-ring (bicyclic) bond motifs is 1. The number of pyridine rings is 1. The number of nitrogens with zero attached hydrogens (tertiary/aromatic N) is 4. The summed E-state index contributed by atoms with van der Waals surface area (Å²) in [5.41, 5.74) is 13.5. The van der Waals surface area contributed by atoms with Crippen molar-refractivity contribution in [2.75, 3.05) is 23.9 Å². The minimum absolute atomic E-state index is 0.00261. The van der Waals surface area contributed by atoms with E-state index < -0.39 is 6.04 Å². The second-order valence-electron chi connectivity index (χ2n) is 5.26. The van der Waals surface area contributed by atoms with Gasteiger partial charge in [-0.1, -0.05) is 12.1 Å². The molecule has 1 aromatic carbocycles. The van der Waals surface area contributed by atoms with Gasteiger partial charge < -0.3 is 21.5 Å². The molecular formula is C16H13IN8O. The minimum Gasteiger partial charge on any atom is -0.495 e. The lowest BCUT2D eigenvalue weighted by Gasteiger charge is -2.27. The monoisotopic (exact) mass is 460 g/mol. The van der Waals surface area contributed by atoms with Crippen molar-refractivity contribution >= 4 is 45.9 Å². The number of rotatable bonds is 2. The highest BCUT2D eigenvalue weighted by Gasteiger charge is 2.31. The van der Waals surface area contributed by atoms with Crippen molar-refractivity contribution in [2.45, 2.75) is 6.04 Å². The first kappa shape index (κ1) is 17.6. The fourth-order valence-corrected chi connectivity index (χ4v) is 3.50. The van der Waals surface area contributed by atoms with E-state index in [9.17, 15) is 5.26 Å². The maximum Gasteiger partial charge on any atom is 0.211 e. The number of nitrogens with one attached hydrogen (secondary N) is 2. The van der Waals surface area contributed by atoms with Gasteiger partial charge in [0, 0.05) is 11.1 Å². The highest BCUT2D eigenvalue weighted by atomic mass is 127. The number of anilines is 3. The SMILES string of the molecule is COc1c(I)cccc1C1N=C(NC#N)Nc2nc(N)c(C#N)c(N)c21. The highest BCUT2D eigenvalue weighted by Crippen LogP contribution is 2.43. The molecule has 10 heteroatoms. The van der Waals surface area contributed by atoms with Gasteiger partial charge in [0.15, 0.2) is 6.19 Å². The molecule has 1 aliphatic rings. The Morgan fingerprint density at radius 3 is 2.77 bits per heavy atom. The maximum absolute atomic E-state index is 9.35. The molecule has 0 saturated carbocycles. The zero-order chi connectivity index (χ0) is 18.8. The van der Waals surface area contributed by atoms with E-state index in [0.717, 1.165) is 9.13 Å². The molecule has 0 amide bonds. The van der Waals surface area contributed by atoms with Crippen molar-refractivity contribution in [3.05, 3.63) is 38.5 Å². The van der Waals surface area contributed by atoms with Gasteiger partial charge in [-0.05, 0) is 28.7 Å². The van der Waals surface area contributed by atoms with Gasteiger partial charge in [-0.15, -0.1) is 0 Å². The summed E-state index contributed by atoms with van der Waals surface area (Å²) in [7, 11) is 1.56. The van der Waals surface area contributed by atoms with Crippen LogP contribution in [-0.2, 0) is 0 Å². The lowest BCUT2D eigenvalue weighted by Crippen LogP contribution is -2.33. The Labute approximate surface area is 162 Å². The molecule has 0 bridgehead atoms. The van der Waals surface area contributed by atoms with Crippen molar-refractivity contribution in [2.24, 2.45) is 4.99 Å². The molecule has 0 radical (unpaired) electrons. The van der Waals surface area contributed by atoms with Crippen molar-refractivity contribution in [1.82, 2.24) is 10.3 Å². The predicted molar refractivity (Wildman–Crippen MR) is 105 cm³/mol. The van der Waals surface area contributed by atoms with Crippen LogP contribution in [0, 0.1) is 26.4 Å². The van der Waals surface area contributed by atoms with Gasteiger partial charge in [0.2, 0.25) is 5.96 Å². The topological polar surface area (TPSA) is 158 Å². The van der Waals surface area contributed by atoms with E-state index in [-0.39, 0.29) is 23.0 Å². The zero-order valence-electron chi connectivity index (χ0n) is 13.5. The first-order valence-electron chi connectivity index (χ1n) is 7.33. The van der Waals surface area contributed by atoms with Crippen LogP contribution in [0.2, 0.25) is 0 Å². The molecule has 1 unspecified atom stereocenters. The molecule has 0 aliphatic carbocycles. The molecule has 1 atom stereocenters. The van der Waals surface area contributed by atoms with Gasteiger partial charge in [-0.3, -0.25) is 5.32 Å². The summed E-state index contributed by atoms with van der Waals surface area (Å²) < 4.78 is 6.41. The summed E-state index contributed by atoms with van der Waals surface area (Å²) in [5, 5.41) is 23.6. The fourth-order valence-electron chi connectivity index (χ4n) is 2.76. The lowest BCUT2D eigenvalue weighted by molar-refractivity contribution is 0.405. The van der Waals surface area contributed by atoms with Gasteiger partial charge >= 0.3 is 0 Å². The number of hydrogen-bond acceptors (Lipinski definition) is 9. The molecule has 2 aromatic rings. The van der Waals surface area contributed by atoms with E-state index in [1.54, 1.807) is 7.11 Å². The van der Waals surface area contributed by atoms with E-state index in [1.165, 1.54) is 0 Å². The van der Waals surface area contributed by atoms with Crippen molar-refractivity contribution < 1.29 is 4.74 Å². The number of aromatic nitrogens is 1. The minimum atomic E-state index is -0.632. The summed E-state index contributed by atoms with van der Waals surface area (Å²) in [6.07, 6.45) is 1.81. The molecule has 0 spiro atoms. The summed E-state index contributed by atoms with van der Waals surface area (Å²) in [5.74, 6) is 1.16. The Kier molecular flexibility index (Phi) is 4.69. The zero-order valence-corrected chi connectivity index (χ0v) is 15.7. The van der Waals surface area contributed by atoms with Gasteiger partial charge in [-0.25, -0.2) is 9.98 Å². The number of hydrogen-bond donors (Lipinski definition) is 4. The van der Waals surface area contributed by atoms with Crippen LogP contribution in [0.3, 0.4) is 0 Å². The standard InChI is InChI=1S/C16H13IN8O/c1-26-13-7(3-2-4-9(13)17)12-10-11(20)8(5-18)14(21)24-15(10)25-16(23-12)22-6-19/h2-4,12H,1H3,(H6,20,21,22,23,24,25). The average Bonchev–Trinajstić information content (AvgIpc) is 2.61. The van der Waals surface area contributed by atoms with E-state index in [0.29, 0.717) is 17.1 Å². The van der Waals surface area contributed by atoms with Crippen LogP contribution in [-0.4, -0.2) is 18.1 Å². The molecular weight excluding hydrogens is 447 g/mol. The van der Waals surface area contributed by atoms with Crippen LogP contribution >= 0.6 is 22.6 Å². The molecule has 0 saturated heterocycles. The number of aliphatic imine (C=N–C) groups is 1. The number of methoxy groups -OCH3 is 1. The number of benzene rings is 1. The molecule has 3 rings (SSSR count). The second-order valence-corrected chi connectivity index (χ2v) is 6.43. The highest BCUT2D eigenvalue weighted by molar-refractivity contribution is 14.1. The number of halogens is 1. The van der Waals surface area contributed by atoms with E-state index in [4.69, 9.17) is 21.5 Å². The number of para-hydroxylation sites is 1. The average molecular weight is 460 g/mol. The summed E-state index contributed by atoms with van der Waals surface area (Å²) in [6.45, 7) is 0. The van der Waals surface area contributed by atoms with Crippen molar-refractivity contribution in [3.63, 3.8) is 0 Å². The Morgan fingerprint density at radius 1 is 1.35 bits per heavy atom. The molecule has 9 nitrogen and oxygen atoms in total. The molecule has 2 heterocycles. The molecule has 1 aromatic heterocycles. The first-order valence-corrected chi connectivity index (χ1v) is 8.41. The number of nitriles is 2. The predicted octanol–water partition coefficient (Wildman–Crippen LogP) is 1.67. The van der Waals surface area contributed by atoms with Gasteiger partial charge in [0.1, 0.15) is 35.1 Å². The Bertz CT molecular complexity index is 1000. The quantitative estimate of drug-likeness (QED) is 0.299. The third-order valence-corrected chi connectivity index (χ3v) is 4.70. The van der Waals surface area contributed by atoms with Gasteiger partial charge in [-0.2, -0.15) is 10.5 Å². The van der Waals surface area contributed by atoms with Crippen LogP contribution in [0.25, 0.3) is 0 Å². The van der Waals surface area contributed by atoms with Gasteiger partial charge in [0.25, 0.3) is 0 Å². The third-order valence-electron chi connectivity index (χ3n) is 3.85. The first-order chi connectivity index (χ1) is 12.5.